The van der Waals surface area contributed by atoms with E-state index in [1.54, 1.807) is 0 Å². The Morgan fingerprint density at radius 1 is 1.23 bits per heavy atom. The third kappa shape index (κ3) is 3.19. The normalized spacial score (nSPS) is 23.2. The third-order valence-corrected chi connectivity index (χ3v) is 5.46. The maximum atomic E-state index is 10.9. The van der Waals surface area contributed by atoms with Gasteiger partial charge in [0.25, 0.3) is 0 Å². The number of rotatable bonds is 5. The molecule has 22 heavy (non-hydrogen) atoms. The van der Waals surface area contributed by atoms with Gasteiger partial charge in [-0.05, 0) is 30.9 Å². The first-order chi connectivity index (χ1) is 10.5. The Kier molecular flexibility index (Phi) is 4.26. The number of benzene rings is 1. The molecule has 0 bridgehead atoms. The van der Waals surface area contributed by atoms with Crippen LogP contribution in [0.3, 0.4) is 0 Å². The Morgan fingerprint density at radius 2 is 2.00 bits per heavy atom. The van der Waals surface area contributed by atoms with Crippen LogP contribution in [0.5, 0.6) is 0 Å². The van der Waals surface area contributed by atoms with E-state index in [1.807, 2.05) is 0 Å². The van der Waals surface area contributed by atoms with Crippen molar-refractivity contribution in [2.24, 2.45) is 0 Å². The molecule has 2 aliphatic rings. The van der Waals surface area contributed by atoms with Crippen molar-refractivity contribution in [1.82, 2.24) is 0 Å². The average Bonchev–Trinajstić information content (AvgIpc) is 2.76. The van der Waals surface area contributed by atoms with Crippen LogP contribution in [0.1, 0.15) is 30.7 Å². The Labute approximate surface area is 131 Å². The van der Waals surface area contributed by atoms with E-state index in [4.69, 9.17) is 9.79 Å². The summed E-state index contributed by atoms with van der Waals surface area (Å²) in [7, 11) is -1.72. The zero-order valence-electron chi connectivity index (χ0n) is 12.7. The van der Waals surface area contributed by atoms with Gasteiger partial charge in [0.15, 0.2) is 0 Å². The fraction of sp³-hybridized carbons (Fsp3) is 0.412. The lowest BCUT2D eigenvalue weighted by Gasteiger charge is -2.25. The Bertz CT molecular complexity index is 662. The van der Waals surface area contributed by atoms with Crippen molar-refractivity contribution in [3.05, 3.63) is 53.6 Å². The van der Waals surface area contributed by atoms with E-state index in [2.05, 4.69) is 54.4 Å². The van der Waals surface area contributed by atoms with Gasteiger partial charge in [0.1, 0.15) is 0 Å². The van der Waals surface area contributed by atoms with Crippen LogP contribution >= 0.6 is 7.60 Å². The fourth-order valence-electron chi connectivity index (χ4n) is 3.44. The van der Waals surface area contributed by atoms with Crippen molar-refractivity contribution in [2.75, 3.05) is 18.1 Å². The first kappa shape index (κ1) is 15.5. The lowest BCUT2D eigenvalue weighted by Crippen LogP contribution is -2.29. The van der Waals surface area contributed by atoms with Crippen LogP contribution in [0.25, 0.3) is 0 Å². The molecule has 0 fully saturated rings. The van der Waals surface area contributed by atoms with Gasteiger partial charge in [-0.15, -0.1) is 0 Å². The first-order valence-corrected chi connectivity index (χ1v) is 9.51. The molecule has 0 radical (unpaired) electrons. The van der Waals surface area contributed by atoms with Gasteiger partial charge < -0.3 is 14.7 Å². The molecule has 0 saturated carbocycles. The SMILES string of the molecule is CN1c2ccccc2C2C=C(CCCCP(=O)(O)O)C=CC21. The highest BCUT2D eigenvalue weighted by atomic mass is 31.2. The van der Waals surface area contributed by atoms with E-state index >= 15 is 0 Å². The van der Waals surface area contributed by atoms with Crippen molar-refractivity contribution >= 4 is 13.3 Å². The molecule has 2 N–H and O–H groups in total. The standard InChI is InChI=1S/C17H22NO3P/c1-18-16-8-3-2-7-14(16)15-12-13(9-10-17(15)18)6-4-5-11-22(19,20)21/h2-3,7-10,12,15,17H,4-6,11H2,1H3,(H2,19,20,21). The molecule has 0 aromatic heterocycles. The fourth-order valence-corrected chi connectivity index (χ4v) is 4.07. The highest BCUT2D eigenvalue weighted by molar-refractivity contribution is 7.51. The van der Waals surface area contributed by atoms with E-state index in [0.717, 1.165) is 12.8 Å². The summed E-state index contributed by atoms with van der Waals surface area (Å²) in [5, 5.41) is 0. The Hall–Kier alpha value is -1.35. The minimum atomic E-state index is -3.85. The summed E-state index contributed by atoms with van der Waals surface area (Å²) >= 11 is 0. The number of nitrogens with zero attached hydrogens (tertiary/aromatic N) is 1. The first-order valence-electron chi connectivity index (χ1n) is 7.71. The monoisotopic (exact) mass is 319 g/mol. The molecule has 1 aliphatic heterocycles. The summed E-state index contributed by atoms with van der Waals surface area (Å²) in [5.41, 5.74) is 3.94. The molecular formula is C17H22NO3P. The maximum Gasteiger partial charge on any atom is 0.325 e. The molecule has 0 saturated heterocycles. The van der Waals surface area contributed by atoms with Crippen molar-refractivity contribution < 1.29 is 14.4 Å². The number of hydrogen-bond donors (Lipinski definition) is 2. The molecular weight excluding hydrogens is 297 g/mol. The van der Waals surface area contributed by atoms with Crippen LogP contribution in [0, 0.1) is 0 Å². The van der Waals surface area contributed by atoms with Gasteiger partial charge in [-0.25, -0.2) is 0 Å². The number of allylic oxidation sites excluding steroid dienone is 2. The smallest absolute Gasteiger partial charge is 0.325 e. The van der Waals surface area contributed by atoms with Crippen LogP contribution in [0.2, 0.25) is 0 Å². The second-order valence-corrected chi connectivity index (χ2v) is 7.91. The van der Waals surface area contributed by atoms with Crippen LogP contribution in [-0.4, -0.2) is 29.0 Å². The summed E-state index contributed by atoms with van der Waals surface area (Å²) in [4.78, 5) is 20.1. The zero-order chi connectivity index (χ0) is 15.7. The van der Waals surface area contributed by atoms with Gasteiger partial charge in [0.05, 0.1) is 6.04 Å². The molecule has 5 heteroatoms. The Morgan fingerprint density at radius 3 is 2.77 bits per heavy atom. The topological polar surface area (TPSA) is 60.8 Å². The summed E-state index contributed by atoms with van der Waals surface area (Å²) in [5.74, 6) is 0.392. The van der Waals surface area contributed by atoms with Gasteiger partial charge in [-0.1, -0.05) is 42.0 Å². The largest absolute Gasteiger partial charge is 0.367 e. The molecule has 3 rings (SSSR count). The highest BCUT2D eigenvalue weighted by Crippen LogP contribution is 2.44. The minimum Gasteiger partial charge on any atom is -0.367 e. The molecule has 2 atom stereocenters. The predicted octanol–water partition coefficient (Wildman–Crippen LogP) is 3.43. The van der Waals surface area contributed by atoms with Gasteiger partial charge in [-0.2, -0.15) is 0 Å². The van der Waals surface area contributed by atoms with Crippen LogP contribution in [0.15, 0.2) is 48.1 Å². The molecule has 1 aromatic carbocycles. The van der Waals surface area contributed by atoms with Crippen molar-refractivity contribution in [3.8, 4) is 0 Å². The van der Waals surface area contributed by atoms with Gasteiger partial charge in [0, 0.05) is 24.8 Å². The predicted molar refractivity (Wildman–Crippen MR) is 89.4 cm³/mol. The van der Waals surface area contributed by atoms with E-state index in [-0.39, 0.29) is 6.16 Å². The van der Waals surface area contributed by atoms with Crippen molar-refractivity contribution in [1.29, 1.82) is 0 Å². The van der Waals surface area contributed by atoms with Crippen LogP contribution in [0.4, 0.5) is 5.69 Å². The lowest BCUT2D eigenvalue weighted by atomic mass is 9.87. The molecule has 118 valence electrons. The molecule has 0 spiro atoms. The second kappa shape index (κ2) is 6.04. The average molecular weight is 319 g/mol. The summed E-state index contributed by atoms with van der Waals surface area (Å²) in [6.45, 7) is 0. The number of hydrogen-bond acceptors (Lipinski definition) is 2. The summed E-state index contributed by atoms with van der Waals surface area (Å²) in [6.07, 6.45) is 9.00. The molecule has 1 heterocycles. The molecule has 2 unspecified atom stereocenters. The summed E-state index contributed by atoms with van der Waals surface area (Å²) < 4.78 is 10.9. The molecule has 1 aliphatic carbocycles. The minimum absolute atomic E-state index is 0.0123. The van der Waals surface area contributed by atoms with E-state index < -0.39 is 7.60 Å². The third-order valence-electron chi connectivity index (χ3n) is 4.56. The van der Waals surface area contributed by atoms with Gasteiger partial charge in [-0.3, -0.25) is 4.57 Å². The quantitative estimate of drug-likeness (QED) is 0.645. The highest BCUT2D eigenvalue weighted by Gasteiger charge is 2.34. The Balaban J connectivity index is 1.66. The molecule has 1 aromatic rings. The number of fused-ring (bicyclic) bond motifs is 3. The van der Waals surface area contributed by atoms with E-state index in [0.29, 0.717) is 18.4 Å². The van der Waals surface area contributed by atoms with Crippen molar-refractivity contribution in [3.63, 3.8) is 0 Å². The number of likely N-dealkylation sites (N-methyl/N-ethyl adjacent to an activating group) is 1. The summed E-state index contributed by atoms with van der Waals surface area (Å²) in [6, 6.07) is 8.90. The van der Waals surface area contributed by atoms with Crippen LogP contribution < -0.4 is 4.90 Å². The lowest BCUT2D eigenvalue weighted by molar-refractivity contribution is 0.371. The maximum absolute atomic E-state index is 10.9. The van der Waals surface area contributed by atoms with E-state index in [1.165, 1.54) is 16.8 Å². The second-order valence-electron chi connectivity index (χ2n) is 6.13. The zero-order valence-corrected chi connectivity index (χ0v) is 13.6. The van der Waals surface area contributed by atoms with Crippen molar-refractivity contribution in [2.45, 2.75) is 31.2 Å². The van der Waals surface area contributed by atoms with Gasteiger partial charge in [0.2, 0.25) is 0 Å². The number of para-hydroxylation sites is 1. The van der Waals surface area contributed by atoms with Gasteiger partial charge >= 0.3 is 7.60 Å². The number of anilines is 1. The van der Waals surface area contributed by atoms with E-state index in [9.17, 15) is 4.57 Å². The molecule has 0 amide bonds. The molecule has 4 nitrogen and oxygen atoms in total. The van der Waals surface area contributed by atoms with Crippen LogP contribution in [-0.2, 0) is 4.57 Å². The number of unbranched alkanes of at least 4 members (excludes halogenated alkanes) is 1.